The van der Waals surface area contributed by atoms with E-state index in [1.165, 1.54) is 23.1 Å². The van der Waals surface area contributed by atoms with Crippen LogP contribution in [0.3, 0.4) is 0 Å². The van der Waals surface area contributed by atoms with E-state index in [1.54, 1.807) is 0 Å². The standard InChI is InChI=1S/C21H21N3O3S2/c1-14-2-4-15(5-3-14)20(26)22-16-6-7-17-18(12-16)29-21(23-17)28-13-19(25)24-8-10-27-11-9-24/h2-7,12H,8-11,13H2,1H3,(H,22,26). The molecule has 0 radical (unpaired) electrons. The van der Waals surface area contributed by atoms with E-state index in [4.69, 9.17) is 4.74 Å². The molecule has 1 saturated heterocycles. The van der Waals surface area contributed by atoms with Crippen molar-refractivity contribution in [1.82, 2.24) is 9.88 Å². The number of anilines is 1. The molecule has 1 aliphatic heterocycles. The second-order valence-electron chi connectivity index (χ2n) is 6.76. The molecular weight excluding hydrogens is 406 g/mol. The molecule has 0 saturated carbocycles. The van der Waals surface area contributed by atoms with E-state index in [0.717, 1.165) is 25.8 Å². The van der Waals surface area contributed by atoms with E-state index in [2.05, 4.69) is 10.3 Å². The third-order valence-electron chi connectivity index (χ3n) is 4.62. The van der Waals surface area contributed by atoms with Gasteiger partial charge in [0.25, 0.3) is 5.91 Å². The molecule has 2 heterocycles. The van der Waals surface area contributed by atoms with E-state index in [0.29, 0.717) is 37.6 Å². The van der Waals surface area contributed by atoms with Gasteiger partial charge in [-0.15, -0.1) is 11.3 Å². The highest BCUT2D eigenvalue weighted by Crippen LogP contribution is 2.31. The van der Waals surface area contributed by atoms with Crippen molar-refractivity contribution in [3.8, 4) is 0 Å². The fraction of sp³-hybridized carbons (Fsp3) is 0.286. The number of hydrogen-bond acceptors (Lipinski definition) is 6. The average molecular weight is 428 g/mol. The van der Waals surface area contributed by atoms with Gasteiger partial charge >= 0.3 is 0 Å². The van der Waals surface area contributed by atoms with Crippen LogP contribution in [0, 0.1) is 6.92 Å². The number of carbonyl (C=O) groups excluding carboxylic acids is 2. The Kier molecular flexibility index (Phi) is 6.13. The van der Waals surface area contributed by atoms with E-state index < -0.39 is 0 Å². The number of rotatable bonds is 5. The Balaban J connectivity index is 1.40. The van der Waals surface area contributed by atoms with Crippen LogP contribution in [0.4, 0.5) is 5.69 Å². The van der Waals surface area contributed by atoms with E-state index in [9.17, 15) is 9.59 Å². The number of nitrogens with zero attached hydrogens (tertiary/aromatic N) is 2. The Labute approximate surface area is 177 Å². The van der Waals surface area contributed by atoms with Crippen molar-refractivity contribution in [2.75, 3.05) is 37.4 Å². The van der Waals surface area contributed by atoms with Crippen LogP contribution in [0.15, 0.2) is 46.8 Å². The Hall–Kier alpha value is -2.42. The summed E-state index contributed by atoms with van der Waals surface area (Å²) in [5.41, 5.74) is 3.33. The molecule has 2 amide bonds. The Morgan fingerprint density at radius 2 is 1.93 bits per heavy atom. The molecule has 0 bridgehead atoms. The topological polar surface area (TPSA) is 71.5 Å². The van der Waals surface area contributed by atoms with Crippen LogP contribution in [0.5, 0.6) is 0 Å². The van der Waals surface area contributed by atoms with Crippen molar-refractivity contribution < 1.29 is 14.3 Å². The number of amides is 2. The zero-order valence-corrected chi connectivity index (χ0v) is 17.6. The number of carbonyl (C=O) groups is 2. The van der Waals surface area contributed by atoms with Gasteiger partial charge in [-0.25, -0.2) is 4.98 Å². The number of benzene rings is 2. The highest BCUT2D eigenvalue weighted by molar-refractivity contribution is 8.01. The summed E-state index contributed by atoms with van der Waals surface area (Å²) in [6.45, 7) is 4.51. The third-order valence-corrected chi connectivity index (χ3v) is 6.77. The molecule has 29 heavy (non-hydrogen) atoms. The lowest BCUT2D eigenvalue weighted by atomic mass is 10.1. The number of thioether (sulfide) groups is 1. The first-order chi connectivity index (χ1) is 14.1. The number of ether oxygens (including phenoxy) is 1. The number of aromatic nitrogens is 1. The molecular formula is C21H21N3O3S2. The first-order valence-electron chi connectivity index (χ1n) is 9.35. The molecule has 1 aliphatic rings. The summed E-state index contributed by atoms with van der Waals surface area (Å²) in [6.07, 6.45) is 0. The maximum atomic E-state index is 12.4. The monoisotopic (exact) mass is 427 g/mol. The minimum Gasteiger partial charge on any atom is -0.378 e. The number of morpholine rings is 1. The molecule has 0 atom stereocenters. The van der Waals surface area contributed by atoms with Gasteiger partial charge in [0.2, 0.25) is 5.91 Å². The van der Waals surface area contributed by atoms with Crippen molar-refractivity contribution >= 4 is 50.8 Å². The van der Waals surface area contributed by atoms with Gasteiger partial charge in [-0.3, -0.25) is 9.59 Å². The number of hydrogen-bond donors (Lipinski definition) is 1. The average Bonchev–Trinajstić information content (AvgIpc) is 3.15. The lowest BCUT2D eigenvalue weighted by Gasteiger charge is -2.26. The summed E-state index contributed by atoms with van der Waals surface area (Å²) < 4.78 is 7.11. The summed E-state index contributed by atoms with van der Waals surface area (Å²) in [4.78, 5) is 31.1. The van der Waals surface area contributed by atoms with Crippen molar-refractivity contribution in [3.63, 3.8) is 0 Å². The molecule has 0 aliphatic carbocycles. The van der Waals surface area contributed by atoms with E-state index in [-0.39, 0.29) is 11.8 Å². The summed E-state index contributed by atoms with van der Waals surface area (Å²) in [7, 11) is 0. The Morgan fingerprint density at radius 1 is 1.17 bits per heavy atom. The first-order valence-corrected chi connectivity index (χ1v) is 11.2. The predicted octanol–water partition coefficient (Wildman–Crippen LogP) is 3.81. The number of nitrogens with one attached hydrogen (secondary N) is 1. The summed E-state index contributed by atoms with van der Waals surface area (Å²) in [6, 6.07) is 13.1. The fourth-order valence-electron chi connectivity index (χ4n) is 2.98. The Bertz CT molecular complexity index is 1030. The van der Waals surface area contributed by atoms with Gasteiger partial charge in [-0.2, -0.15) is 0 Å². The maximum absolute atomic E-state index is 12.4. The lowest BCUT2D eigenvalue weighted by molar-refractivity contribution is -0.132. The van der Waals surface area contributed by atoms with Crippen LogP contribution in [-0.2, 0) is 9.53 Å². The van der Waals surface area contributed by atoms with E-state index in [1.807, 2.05) is 54.3 Å². The molecule has 1 aromatic heterocycles. The van der Waals surface area contributed by atoms with Gasteiger partial charge in [0, 0.05) is 24.3 Å². The van der Waals surface area contributed by atoms with Crippen molar-refractivity contribution in [2.24, 2.45) is 0 Å². The lowest BCUT2D eigenvalue weighted by Crippen LogP contribution is -2.41. The molecule has 3 aromatic rings. The molecule has 1 N–H and O–H groups in total. The smallest absolute Gasteiger partial charge is 0.255 e. The van der Waals surface area contributed by atoms with Gasteiger partial charge in [0.1, 0.15) is 0 Å². The van der Waals surface area contributed by atoms with Gasteiger partial charge in [-0.1, -0.05) is 29.5 Å². The molecule has 6 nitrogen and oxygen atoms in total. The largest absolute Gasteiger partial charge is 0.378 e. The SMILES string of the molecule is Cc1ccc(C(=O)Nc2ccc3nc(SCC(=O)N4CCOCC4)sc3c2)cc1. The molecule has 0 spiro atoms. The molecule has 4 rings (SSSR count). The third kappa shape index (κ3) is 4.95. The van der Waals surface area contributed by atoms with Crippen LogP contribution in [0.1, 0.15) is 15.9 Å². The van der Waals surface area contributed by atoms with Crippen molar-refractivity contribution in [1.29, 1.82) is 0 Å². The zero-order chi connectivity index (χ0) is 20.2. The summed E-state index contributed by atoms with van der Waals surface area (Å²) in [5, 5.41) is 2.93. The minimum atomic E-state index is -0.139. The van der Waals surface area contributed by atoms with Crippen LogP contribution in [-0.4, -0.2) is 53.8 Å². The molecule has 0 unspecified atom stereocenters. The number of fused-ring (bicyclic) bond motifs is 1. The second kappa shape index (κ2) is 8.94. The van der Waals surface area contributed by atoms with Gasteiger partial charge < -0.3 is 15.0 Å². The maximum Gasteiger partial charge on any atom is 0.255 e. The number of aryl methyl sites for hydroxylation is 1. The summed E-state index contributed by atoms with van der Waals surface area (Å²) >= 11 is 2.98. The van der Waals surface area contributed by atoms with Gasteiger partial charge in [0.15, 0.2) is 4.34 Å². The van der Waals surface area contributed by atoms with Crippen LogP contribution >= 0.6 is 23.1 Å². The quantitative estimate of drug-likeness (QED) is 0.627. The first kappa shape index (κ1) is 19.9. The molecule has 150 valence electrons. The van der Waals surface area contributed by atoms with Crippen LogP contribution in [0.25, 0.3) is 10.2 Å². The normalized spacial score (nSPS) is 14.2. The molecule has 2 aromatic carbocycles. The minimum absolute atomic E-state index is 0.114. The van der Waals surface area contributed by atoms with Crippen LogP contribution in [0.2, 0.25) is 0 Å². The highest BCUT2D eigenvalue weighted by atomic mass is 32.2. The van der Waals surface area contributed by atoms with Crippen LogP contribution < -0.4 is 5.32 Å². The summed E-state index contributed by atoms with van der Waals surface area (Å²) in [5.74, 6) is 0.347. The van der Waals surface area contributed by atoms with Crippen molar-refractivity contribution in [2.45, 2.75) is 11.3 Å². The zero-order valence-electron chi connectivity index (χ0n) is 16.0. The predicted molar refractivity (Wildman–Crippen MR) is 117 cm³/mol. The highest BCUT2D eigenvalue weighted by Gasteiger charge is 2.17. The Morgan fingerprint density at radius 3 is 2.69 bits per heavy atom. The molecule has 8 heteroatoms. The van der Waals surface area contributed by atoms with Crippen molar-refractivity contribution in [3.05, 3.63) is 53.6 Å². The second-order valence-corrected chi connectivity index (χ2v) is 9.02. The van der Waals surface area contributed by atoms with Gasteiger partial charge in [-0.05, 0) is 37.3 Å². The fourth-order valence-corrected chi connectivity index (χ4v) is 4.99. The number of thiazole rings is 1. The van der Waals surface area contributed by atoms with Gasteiger partial charge in [0.05, 0.1) is 29.2 Å². The van der Waals surface area contributed by atoms with E-state index >= 15 is 0 Å². The molecule has 1 fully saturated rings.